The zero-order valence-corrected chi connectivity index (χ0v) is 17.7. The monoisotopic (exact) mass is 427 g/mol. The average molecular weight is 427 g/mol. The summed E-state index contributed by atoms with van der Waals surface area (Å²) in [6.45, 7) is 1.86. The average Bonchev–Trinajstić information content (AvgIpc) is 3.44. The van der Waals surface area contributed by atoms with Crippen molar-refractivity contribution in [1.82, 2.24) is 0 Å². The lowest BCUT2D eigenvalue weighted by Crippen LogP contribution is -2.29. The van der Waals surface area contributed by atoms with E-state index in [9.17, 15) is 14.0 Å². The number of methoxy groups -OCH3 is 2. The molecule has 1 N–H and O–H groups in total. The zero-order chi connectivity index (χ0) is 22.0. The van der Waals surface area contributed by atoms with E-state index in [1.807, 2.05) is 6.07 Å². The number of amides is 2. The van der Waals surface area contributed by atoms with Gasteiger partial charge in [0.05, 0.1) is 31.5 Å². The molecule has 2 fully saturated rings. The molecule has 0 saturated carbocycles. The molecule has 7 nitrogen and oxygen atoms in total. The van der Waals surface area contributed by atoms with Crippen molar-refractivity contribution < 1.29 is 23.5 Å². The molecule has 4 rings (SSSR count). The van der Waals surface area contributed by atoms with Crippen molar-refractivity contribution in [2.45, 2.75) is 19.3 Å². The maximum atomic E-state index is 14.6. The van der Waals surface area contributed by atoms with Gasteiger partial charge in [0.25, 0.3) is 0 Å². The van der Waals surface area contributed by atoms with Crippen LogP contribution in [0.1, 0.15) is 19.3 Å². The van der Waals surface area contributed by atoms with Crippen molar-refractivity contribution in [2.24, 2.45) is 5.92 Å². The van der Waals surface area contributed by atoms with Gasteiger partial charge in [-0.1, -0.05) is 6.07 Å². The van der Waals surface area contributed by atoms with E-state index in [-0.39, 0.29) is 30.5 Å². The van der Waals surface area contributed by atoms with Crippen LogP contribution in [0.2, 0.25) is 0 Å². The smallest absolute Gasteiger partial charge is 0.229 e. The van der Waals surface area contributed by atoms with Gasteiger partial charge < -0.3 is 24.6 Å². The summed E-state index contributed by atoms with van der Waals surface area (Å²) in [6, 6.07) is 9.97. The van der Waals surface area contributed by atoms with E-state index < -0.39 is 11.7 Å². The quantitative estimate of drug-likeness (QED) is 0.765. The first-order valence-corrected chi connectivity index (χ1v) is 10.4. The molecule has 0 aliphatic carbocycles. The van der Waals surface area contributed by atoms with Crippen molar-refractivity contribution in [3.05, 3.63) is 42.2 Å². The van der Waals surface area contributed by atoms with Gasteiger partial charge in [0.2, 0.25) is 11.8 Å². The Morgan fingerprint density at radius 2 is 1.87 bits per heavy atom. The maximum absolute atomic E-state index is 14.6. The van der Waals surface area contributed by atoms with E-state index in [4.69, 9.17) is 9.47 Å². The van der Waals surface area contributed by atoms with E-state index in [0.29, 0.717) is 22.9 Å². The molecule has 2 heterocycles. The van der Waals surface area contributed by atoms with Gasteiger partial charge in [-0.2, -0.15) is 0 Å². The summed E-state index contributed by atoms with van der Waals surface area (Å²) < 4.78 is 25.2. The highest BCUT2D eigenvalue weighted by Gasteiger charge is 2.37. The van der Waals surface area contributed by atoms with Gasteiger partial charge in [-0.05, 0) is 37.1 Å². The summed E-state index contributed by atoms with van der Waals surface area (Å²) in [5, 5.41) is 2.75. The Hall–Kier alpha value is -3.29. The van der Waals surface area contributed by atoms with Crippen LogP contribution in [0.5, 0.6) is 11.5 Å². The Kier molecular flexibility index (Phi) is 5.97. The lowest BCUT2D eigenvalue weighted by atomic mass is 10.1. The molecule has 164 valence electrons. The predicted molar refractivity (Wildman–Crippen MR) is 116 cm³/mol. The number of halogens is 1. The summed E-state index contributed by atoms with van der Waals surface area (Å²) in [4.78, 5) is 29.3. The molecule has 0 aromatic heterocycles. The van der Waals surface area contributed by atoms with Crippen LogP contribution >= 0.6 is 0 Å². The van der Waals surface area contributed by atoms with Crippen LogP contribution in [0.3, 0.4) is 0 Å². The molecule has 0 bridgehead atoms. The number of para-hydroxylation sites is 1. The third kappa shape index (κ3) is 4.15. The number of carbonyl (C=O) groups excluding carboxylic acids is 2. The normalized spacial score (nSPS) is 18.4. The van der Waals surface area contributed by atoms with Crippen molar-refractivity contribution in [2.75, 3.05) is 49.0 Å². The maximum Gasteiger partial charge on any atom is 0.229 e. The summed E-state index contributed by atoms with van der Waals surface area (Å²) in [6.07, 6.45) is 2.13. The zero-order valence-electron chi connectivity index (χ0n) is 17.7. The van der Waals surface area contributed by atoms with Gasteiger partial charge in [-0.3, -0.25) is 9.59 Å². The molecule has 1 unspecified atom stereocenters. The molecule has 2 aliphatic rings. The highest BCUT2D eigenvalue weighted by molar-refractivity contribution is 6.05. The van der Waals surface area contributed by atoms with E-state index in [1.165, 1.54) is 18.1 Å². The van der Waals surface area contributed by atoms with Crippen LogP contribution in [0.4, 0.5) is 21.5 Å². The van der Waals surface area contributed by atoms with Crippen LogP contribution in [-0.4, -0.2) is 45.7 Å². The number of hydrogen-bond acceptors (Lipinski definition) is 5. The third-order valence-electron chi connectivity index (χ3n) is 5.86. The molecule has 2 aliphatic heterocycles. The topological polar surface area (TPSA) is 71.1 Å². The highest BCUT2D eigenvalue weighted by Crippen LogP contribution is 2.37. The lowest BCUT2D eigenvalue weighted by molar-refractivity contribution is -0.122. The molecule has 2 aromatic carbocycles. The van der Waals surface area contributed by atoms with Crippen LogP contribution in [0.15, 0.2) is 36.4 Å². The fourth-order valence-corrected chi connectivity index (χ4v) is 4.21. The third-order valence-corrected chi connectivity index (χ3v) is 5.86. The minimum Gasteiger partial charge on any atom is -0.497 e. The Morgan fingerprint density at radius 3 is 2.58 bits per heavy atom. The minimum atomic E-state index is -0.592. The fourth-order valence-electron chi connectivity index (χ4n) is 4.21. The first kappa shape index (κ1) is 21.0. The molecule has 0 radical (unpaired) electrons. The van der Waals surface area contributed by atoms with Gasteiger partial charge in [0, 0.05) is 32.1 Å². The van der Waals surface area contributed by atoms with Gasteiger partial charge in [-0.15, -0.1) is 0 Å². The molecule has 1 atom stereocenters. The number of anilines is 3. The number of rotatable bonds is 6. The molecule has 0 spiro atoms. The molecular formula is C23H26FN3O4. The molecule has 8 heteroatoms. The summed E-state index contributed by atoms with van der Waals surface area (Å²) in [7, 11) is 3.07. The first-order valence-electron chi connectivity index (χ1n) is 10.4. The van der Waals surface area contributed by atoms with E-state index in [2.05, 4.69) is 10.2 Å². The van der Waals surface area contributed by atoms with Crippen molar-refractivity contribution >= 4 is 28.9 Å². The van der Waals surface area contributed by atoms with Crippen LogP contribution in [0, 0.1) is 11.7 Å². The van der Waals surface area contributed by atoms with Crippen LogP contribution < -0.4 is 24.6 Å². The SMILES string of the molecule is COc1ccc(N2CC(C(=O)Nc3c(F)cccc3N3CCCC3)CC2=O)c(OC)c1. The van der Waals surface area contributed by atoms with E-state index >= 15 is 0 Å². The van der Waals surface area contributed by atoms with Gasteiger partial charge in [-0.25, -0.2) is 4.39 Å². The molecule has 31 heavy (non-hydrogen) atoms. The number of nitrogens with zero attached hydrogens (tertiary/aromatic N) is 2. The van der Waals surface area contributed by atoms with E-state index in [1.54, 1.807) is 31.4 Å². The van der Waals surface area contributed by atoms with Crippen molar-refractivity contribution in [3.8, 4) is 11.5 Å². The molecule has 2 saturated heterocycles. The number of ether oxygens (including phenoxy) is 2. The number of benzene rings is 2. The summed E-state index contributed by atoms with van der Waals surface area (Å²) >= 11 is 0. The van der Waals surface area contributed by atoms with Gasteiger partial charge >= 0.3 is 0 Å². The second kappa shape index (κ2) is 8.83. The lowest BCUT2D eigenvalue weighted by Gasteiger charge is -2.23. The van der Waals surface area contributed by atoms with E-state index in [0.717, 1.165) is 25.9 Å². The van der Waals surface area contributed by atoms with Crippen LogP contribution in [0.25, 0.3) is 0 Å². The van der Waals surface area contributed by atoms with Gasteiger partial charge in [0.15, 0.2) is 0 Å². The molecule has 2 amide bonds. The minimum absolute atomic E-state index is 0.0501. The van der Waals surface area contributed by atoms with Crippen LogP contribution in [-0.2, 0) is 9.59 Å². The molecule has 2 aromatic rings. The number of nitrogens with one attached hydrogen (secondary N) is 1. The fraction of sp³-hybridized carbons (Fsp3) is 0.391. The largest absolute Gasteiger partial charge is 0.497 e. The Labute approximate surface area is 180 Å². The number of hydrogen-bond donors (Lipinski definition) is 1. The Bertz CT molecular complexity index is 991. The second-order valence-electron chi connectivity index (χ2n) is 7.76. The van der Waals surface area contributed by atoms with Gasteiger partial charge in [0.1, 0.15) is 23.0 Å². The first-order chi connectivity index (χ1) is 15.0. The van der Waals surface area contributed by atoms with Crippen molar-refractivity contribution in [1.29, 1.82) is 0 Å². The van der Waals surface area contributed by atoms with Crippen molar-refractivity contribution in [3.63, 3.8) is 0 Å². The standard InChI is InChI=1S/C23H26FN3O4/c1-30-16-8-9-18(20(13-16)31-2)27-14-15(12-21(27)28)23(29)25-22-17(24)6-5-7-19(22)26-10-3-4-11-26/h5-9,13,15H,3-4,10-12,14H2,1-2H3,(H,25,29). The molecular weight excluding hydrogens is 401 g/mol. The Morgan fingerprint density at radius 1 is 1.10 bits per heavy atom. The predicted octanol–water partition coefficient (Wildman–Crippen LogP) is 3.43. The Balaban J connectivity index is 1.52. The highest BCUT2D eigenvalue weighted by atomic mass is 19.1. The summed E-state index contributed by atoms with van der Waals surface area (Å²) in [5.41, 5.74) is 1.44. The second-order valence-corrected chi connectivity index (χ2v) is 7.76. The number of carbonyl (C=O) groups is 2. The summed E-state index contributed by atoms with van der Waals surface area (Å²) in [5.74, 6) is -0.526.